The summed E-state index contributed by atoms with van der Waals surface area (Å²) < 4.78 is 10.5. The molecule has 1 unspecified atom stereocenters. The molecule has 13 heavy (non-hydrogen) atoms. The summed E-state index contributed by atoms with van der Waals surface area (Å²) in [5.41, 5.74) is 5.85. The number of rotatable bonds is 6. The number of hydrogen-bond acceptors (Lipinski definition) is 3. The standard InChI is InChI=1S/C10H21NO2/c1-3-13-10-5-8(6-10)4-9(11)7-12-2/h8-10H,3-7,11H2,1-2H3. The predicted octanol–water partition coefficient (Wildman–Crippen LogP) is 1.17. The normalized spacial score (nSPS) is 29.8. The van der Waals surface area contributed by atoms with Gasteiger partial charge in [0, 0.05) is 19.8 Å². The molecule has 0 radical (unpaired) electrons. The molecule has 1 aliphatic carbocycles. The third-order valence-electron chi connectivity index (χ3n) is 2.61. The summed E-state index contributed by atoms with van der Waals surface area (Å²) in [7, 11) is 1.70. The minimum absolute atomic E-state index is 0.206. The van der Waals surface area contributed by atoms with Crippen LogP contribution in [0.4, 0.5) is 0 Å². The minimum atomic E-state index is 0.206. The fraction of sp³-hybridized carbons (Fsp3) is 1.00. The van der Waals surface area contributed by atoms with Gasteiger partial charge < -0.3 is 15.2 Å². The zero-order valence-corrected chi connectivity index (χ0v) is 8.66. The van der Waals surface area contributed by atoms with Gasteiger partial charge in [-0.25, -0.2) is 0 Å². The van der Waals surface area contributed by atoms with E-state index >= 15 is 0 Å². The monoisotopic (exact) mass is 187 g/mol. The first-order valence-corrected chi connectivity index (χ1v) is 5.12. The van der Waals surface area contributed by atoms with Crippen LogP contribution in [0.3, 0.4) is 0 Å². The van der Waals surface area contributed by atoms with Crippen LogP contribution in [0.15, 0.2) is 0 Å². The van der Waals surface area contributed by atoms with Crippen LogP contribution in [0.25, 0.3) is 0 Å². The van der Waals surface area contributed by atoms with E-state index in [1.807, 2.05) is 6.92 Å². The van der Waals surface area contributed by atoms with E-state index in [2.05, 4.69) is 0 Å². The van der Waals surface area contributed by atoms with E-state index in [0.717, 1.165) is 18.9 Å². The van der Waals surface area contributed by atoms with E-state index in [9.17, 15) is 0 Å². The first-order valence-electron chi connectivity index (χ1n) is 5.12. The quantitative estimate of drug-likeness (QED) is 0.678. The van der Waals surface area contributed by atoms with Crippen LogP contribution < -0.4 is 5.73 Å². The Balaban J connectivity index is 2.00. The van der Waals surface area contributed by atoms with Gasteiger partial charge in [0.2, 0.25) is 0 Å². The van der Waals surface area contributed by atoms with Gasteiger partial charge in [-0.3, -0.25) is 0 Å². The van der Waals surface area contributed by atoms with Crippen LogP contribution >= 0.6 is 0 Å². The van der Waals surface area contributed by atoms with Crippen LogP contribution in [0.5, 0.6) is 0 Å². The van der Waals surface area contributed by atoms with Crippen LogP contribution in [0.1, 0.15) is 26.2 Å². The Morgan fingerprint density at radius 2 is 2.15 bits per heavy atom. The van der Waals surface area contributed by atoms with E-state index < -0.39 is 0 Å². The molecule has 1 atom stereocenters. The molecule has 0 heterocycles. The van der Waals surface area contributed by atoms with Crippen molar-refractivity contribution in [3.63, 3.8) is 0 Å². The Kier molecular flexibility index (Phi) is 4.70. The third kappa shape index (κ3) is 3.63. The molecule has 0 aliphatic heterocycles. The van der Waals surface area contributed by atoms with Crippen LogP contribution in [0.2, 0.25) is 0 Å². The lowest BCUT2D eigenvalue weighted by molar-refractivity contribution is -0.0299. The Morgan fingerprint density at radius 1 is 1.46 bits per heavy atom. The van der Waals surface area contributed by atoms with E-state index in [-0.39, 0.29) is 6.04 Å². The van der Waals surface area contributed by atoms with Crippen molar-refractivity contribution in [2.45, 2.75) is 38.3 Å². The fourth-order valence-corrected chi connectivity index (χ4v) is 1.95. The highest BCUT2D eigenvalue weighted by Gasteiger charge is 2.30. The summed E-state index contributed by atoms with van der Waals surface area (Å²) in [6.45, 7) is 3.56. The maximum atomic E-state index is 5.85. The molecule has 1 saturated carbocycles. The van der Waals surface area contributed by atoms with Gasteiger partial charge >= 0.3 is 0 Å². The lowest BCUT2D eigenvalue weighted by atomic mass is 9.78. The van der Waals surface area contributed by atoms with E-state index in [4.69, 9.17) is 15.2 Å². The second kappa shape index (κ2) is 5.58. The van der Waals surface area contributed by atoms with Gasteiger partial charge in [0.1, 0.15) is 0 Å². The number of hydrogen-bond donors (Lipinski definition) is 1. The second-order valence-corrected chi connectivity index (χ2v) is 3.87. The molecule has 1 fully saturated rings. The number of ether oxygens (including phenoxy) is 2. The molecule has 3 heteroatoms. The van der Waals surface area contributed by atoms with Crippen LogP contribution in [-0.4, -0.2) is 32.5 Å². The maximum absolute atomic E-state index is 5.85. The lowest BCUT2D eigenvalue weighted by Gasteiger charge is -2.36. The smallest absolute Gasteiger partial charge is 0.0613 e. The van der Waals surface area contributed by atoms with Gasteiger partial charge in [0.15, 0.2) is 0 Å². The Hall–Kier alpha value is -0.120. The zero-order chi connectivity index (χ0) is 9.68. The second-order valence-electron chi connectivity index (χ2n) is 3.87. The molecule has 0 saturated heterocycles. The Labute approximate surface area is 80.6 Å². The van der Waals surface area contributed by atoms with Gasteiger partial charge in [0.25, 0.3) is 0 Å². The average Bonchev–Trinajstić information content (AvgIpc) is 2.01. The molecule has 78 valence electrons. The highest BCUT2D eigenvalue weighted by Crippen LogP contribution is 2.33. The zero-order valence-electron chi connectivity index (χ0n) is 8.66. The van der Waals surface area contributed by atoms with Crippen molar-refractivity contribution in [1.29, 1.82) is 0 Å². The SMILES string of the molecule is CCOC1CC(CC(N)COC)C1. The van der Waals surface area contributed by atoms with Gasteiger partial charge in [-0.15, -0.1) is 0 Å². The summed E-state index contributed by atoms with van der Waals surface area (Å²) >= 11 is 0. The molecule has 2 N–H and O–H groups in total. The Morgan fingerprint density at radius 3 is 2.69 bits per heavy atom. The van der Waals surface area contributed by atoms with Crippen molar-refractivity contribution >= 4 is 0 Å². The third-order valence-corrected chi connectivity index (χ3v) is 2.61. The maximum Gasteiger partial charge on any atom is 0.0613 e. The topological polar surface area (TPSA) is 44.5 Å². The van der Waals surface area contributed by atoms with Gasteiger partial charge in [0.05, 0.1) is 12.7 Å². The summed E-state index contributed by atoms with van der Waals surface area (Å²) in [5.74, 6) is 0.765. The van der Waals surface area contributed by atoms with E-state index in [0.29, 0.717) is 12.7 Å². The molecule has 0 aromatic rings. The van der Waals surface area contributed by atoms with Crippen LogP contribution in [0, 0.1) is 5.92 Å². The average molecular weight is 187 g/mol. The highest BCUT2D eigenvalue weighted by atomic mass is 16.5. The Bertz CT molecular complexity index is 135. The number of nitrogens with two attached hydrogens (primary N) is 1. The molecule has 3 nitrogen and oxygen atoms in total. The molecule has 1 rings (SSSR count). The van der Waals surface area contributed by atoms with Crippen molar-refractivity contribution in [1.82, 2.24) is 0 Å². The lowest BCUT2D eigenvalue weighted by Crippen LogP contribution is -2.37. The first kappa shape index (κ1) is 11.0. The number of methoxy groups -OCH3 is 1. The predicted molar refractivity (Wildman–Crippen MR) is 52.6 cm³/mol. The molecule has 0 aromatic heterocycles. The largest absolute Gasteiger partial charge is 0.383 e. The van der Waals surface area contributed by atoms with Crippen molar-refractivity contribution in [3.05, 3.63) is 0 Å². The summed E-state index contributed by atoms with van der Waals surface area (Å²) in [6.07, 6.45) is 3.96. The summed E-state index contributed by atoms with van der Waals surface area (Å²) in [5, 5.41) is 0. The molecule has 0 bridgehead atoms. The fourth-order valence-electron chi connectivity index (χ4n) is 1.95. The van der Waals surface area contributed by atoms with Gasteiger partial charge in [-0.1, -0.05) is 0 Å². The summed E-state index contributed by atoms with van der Waals surface area (Å²) in [4.78, 5) is 0. The molecule has 0 spiro atoms. The van der Waals surface area contributed by atoms with Crippen LogP contribution in [-0.2, 0) is 9.47 Å². The molecule has 0 amide bonds. The molecular weight excluding hydrogens is 166 g/mol. The molecule has 0 aromatic carbocycles. The van der Waals surface area contributed by atoms with Gasteiger partial charge in [-0.05, 0) is 32.1 Å². The highest BCUT2D eigenvalue weighted by molar-refractivity contribution is 4.82. The van der Waals surface area contributed by atoms with Crippen molar-refractivity contribution in [2.75, 3.05) is 20.3 Å². The van der Waals surface area contributed by atoms with E-state index in [1.54, 1.807) is 7.11 Å². The minimum Gasteiger partial charge on any atom is -0.383 e. The van der Waals surface area contributed by atoms with Gasteiger partial charge in [-0.2, -0.15) is 0 Å². The van der Waals surface area contributed by atoms with Crippen molar-refractivity contribution in [3.8, 4) is 0 Å². The van der Waals surface area contributed by atoms with Crippen molar-refractivity contribution in [2.24, 2.45) is 11.7 Å². The molecular formula is C10H21NO2. The molecule has 1 aliphatic rings. The first-order chi connectivity index (χ1) is 6.26. The summed E-state index contributed by atoms with van der Waals surface area (Å²) in [6, 6.07) is 0.206. The van der Waals surface area contributed by atoms with E-state index in [1.165, 1.54) is 12.8 Å². The van der Waals surface area contributed by atoms with Crippen molar-refractivity contribution < 1.29 is 9.47 Å².